The Balaban J connectivity index is 1.40. The molecule has 7 heteroatoms. The van der Waals surface area contributed by atoms with Gasteiger partial charge in [-0.05, 0) is 37.6 Å². The summed E-state index contributed by atoms with van der Waals surface area (Å²) >= 11 is 2.93. The van der Waals surface area contributed by atoms with E-state index in [0.29, 0.717) is 16.7 Å². The van der Waals surface area contributed by atoms with Gasteiger partial charge >= 0.3 is 0 Å². The molecule has 0 aliphatic carbocycles. The van der Waals surface area contributed by atoms with E-state index in [1.807, 2.05) is 56.3 Å². The van der Waals surface area contributed by atoms with E-state index in [1.165, 1.54) is 23.1 Å². The fraction of sp³-hybridized carbons (Fsp3) is 0.150. The van der Waals surface area contributed by atoms with Crippen molar-refractivity contribution in [1.82, 2.24) is 9.97 Å². The highest BCUT2D eigenvalue weighted by atomic mass is 32.2. The molecule has 0 fully saturated rings. The van der Waals surface area contributed by atoms with Crippen LogP contribution < -0.4 is 5.32 Å². The van der Waals surface area contributed by atoms with Crippen LogP contribution in [0.15, 0.2) is 57.5 Å². The van der Waals surface area contributed by atoms with Crippen molar-refractivity contribution in [3.63, 3.8) is 0 Å². The number of nitrogens with one attached hydrogen (secondary N) is 1. The van der Waals surface area contributed by atoms with Crippen molar-refractivity contribution < 1.29 is 9.21 Å². The quantitative estimate of drug-likeness (QED) is 0.455. The van der Waals surface area contributed by atoms with E-state index < -0.39 is 0 Å². The first kappa shape index (κ1) is 17.8. The van der Waals surface area contributed by atoms with Crippen LogP contribution in [0.3, 0.4) is 0 Å². The molecule has 1 N–H and O–H groups in total. The van der Waals surface area contributed by atoms with Crippen LogP contribution in [-0.2, 0) is 5.75 Å². The smallest absolute Gasteiger partial charge is 0.275 e. The molecular formula is C20H17N3O2S2. The minimum Gasteiger partial charge on any atom is -0.431 e. The number of aryl methyl sites for hydroxylation is 2. The third-order valence-electron chi connectivity index (χ3n) is 4.01. The minimum absolute atomic E-state index is 0.205. The molecule has 4 aromatic rings. The van der Waals surface area contributed by atoms with Crippen molar-refractivity contribution in [2.45, 2.75) is 24.8 Å². The summed E-state index contributed by atoms with van der Waals surface area (Å²) in [5.41, 5.74) is 5.09. The number of rotatable bonds is 5. The van der Waals surface area contributed by atoms with Gasteiger partial charge in [0.25, 0.3) is 11.1 Å². The molecule has 2 aromatic heterocycles. The first-order valence-electron chi connectivity index (χ1n) is 8.40. The number of anilines is 1. The van der Waals surface area contributed by atoms with Gasteiger partial charge in [-0.3, -0.25) is 4.79 Å². The lowest BCUT2D eigenvalue weighted by Crippen LogP contribution is -2.12. The van der Waals surface area contributed by atoms with Crippen molar-refractivity contribution in [3.05, 3.63) is 69.7 Å². The van der Waals surface area contributed by atoms with E-state index in [2.05, 4.69) is 15.3 Å². The van der Waals surface area contributed by atoms with Crippen molar-refractivity contribution in [1.29, 1.82) is 0 Å². The minimum atomic E-state index is -0.205. The molecule has 2 aromatic carbocycles. The van der Waals surface area contributed by atoms with Crippen molar-refractivity contribution in [2.75, 3.05) is 5.32 Å². The van der Waals surface area contributed by atoms with Gasteiger partial charge in [0.1, 0.15) is 16.2 Å². The Morgan fingerprint density at radius 1 is 1.15 bits per heavy atom. The summed E-state index contributed by atoms with van der Waals surface area (Å²) in [5, 5.41) is 6.10. The average molecular weight is 396 g/mol. The third kappa shape index (κ3) is 4.04. The largest absolute Gasteiger partial charge is 0.431 e. The van der Waals surface area contributed by atoms with Gasteiger partial charge in [0.15, 0.2) is 5.58 Å². The van der Waals surface area contributed by atoms with Gasteiger partial charge in [-0.1, -0.05) is 41.6 Å². The summed E-state index contributed by atoms with van der Waals surface area (Å²) in [7, 11) is 0. The zero-order valence-electron chi connectivity index (χ0n) is 14.9. The highest BCUT2D eigenvalue weighted by molar-refractivity contribution is 7.98. The Morgan fingerprint density at radius 2 is 1.96 bits per heavy atom. The molecule has 0 aliphatic heterocycles. The normalized spacial score (nSPS) is 11.0. The van der Waals surface area contributed by atoms with Crippen LogP contribution in [0.2, 0.25) is 0 Å². The number of para-hydroxylation sites is 1. The first-order valence-corrected chi connectivity index (χ1v) is 10.3. The number of thioether (sulfide) groups is 1. The topological polar surface area (TPSA) is 68.0 Å². The summed E-state index contributed by atoms with van der Waals surface area (Å²) in [6.07, 6.45) is 0. The molecule has 0 bridgehead atoms. The Kier molecular flexibility index (Phi) is 4.96. The van der Waals surface area contributed by atoms with Gasteiger partial charge in [0.2, 0.25) is 0 Å². The van der Waals surface area contributed by atoms with Crippen LogP contribution in [0.4, 0.5) is 5.69 Å². The maximum atomic E-state index is 12.3. The number of carbonyl (C=O) groups excluding carboxylic acids is 1. The number of fused-ring (bicyclic) bond motifs is 1. The molecule has 4 rings (SSSR count). The summed E-state index contributed by atoms with van der Waals surface area (Å²) in [5.74, 6) is 0.401. The van der Waals surface area contributed by atoms with Gasteiger partial charge < -0.3 is 9.73 Å². The molecule has 0 spiro atoms. The average Bonchev–Trinajstić information content (AvgIpc) is 3.29. The lowest BCUT2D eigenvalue weighted by molar-refractivity contribution is 0.102. The summed E-state index contributed by atoms with van der Waals surface area (Å²) < 4.78 is 5.76. The molecule has 0 atom stereocenters. The van der Waals surface area contributed by atoms with Crippen LogP contribution in [0.5, 0.6) is 0 Å². The van der Waals surface area contributed by atoms with Gasteiger partial charge in [0, 0.05) is 11.1 Å². The lowest BCUT2D eigenvalue weighted by Gasteiger charge is -2.03. The van der Waals surface area contributed by atoms with Gasteiger partial charge in [-0.15, -0.1) is 11.3 Å². The fourth-order valence-electron chi connectivity index (χ4n) is 2.56. The van der Waals surface area contributed by atoms with Gasteiger partial charge in [-0.25, -0.2) is 9.97 Å². The third-order valence-corrected chi connectivity index (χ3v) is 5.88. The Bertz CT molecular complexity index is 1100. The molecular weight excluding hydrogens is 378 g/mol. The second-order valence-corrected chi connectivity index (χ2v) is 8.01. The second kappa shape index (κ2) is 7.54. The van der Waals surface area contributed by atoms with Crippen molar-refractivity contribution >= 4 is 45.8 Å². The number of amides is 1. The number of hydrogen-bond donors (Lipinski definition) is 1. The fourth-order valence-corrected chi connectivity index (χ4v) is 4.19. The highest BCUT2D eigenvalue weighted by Crippen LogP contribution is 2.28. The number of benzene rings is 2. The zero-order chi connectivity index (χ0) is 18.8. The lowest BCUT2D eigenvalue weighted by atomic mass is 10.2. The van der Waals surface area contributed by atoms with E-state index in [4.69, 9.17) is 4.42 Å². The number of carbonyl (C=O) groups is 1. The number of nitrogens with zero attached hydrogens (tertiary/aromatic N) is 2. The van der Waals surface area contributed by atoms with Gasteiger partial charge in [-0.2, -0.15) is 0 Å². The second-order valence-electron chi connectivity index (χ2n) is 6.14. The standard InChI is InChI=1S/C20H17N3O2S2/c1-12-6-8-14(9-7-12)21-19(24)15-10-26-17(22-15)11-27-20-23-18-13(2)4-3-5-16(18)25-20/h3-10H,11H2,1-2H3,(H,21,24). The van der Waals surface area contributed by atoms with E-state index >= 15 is 0 Å². The Labute approximate surface area is 164 Å². The summed E-state index contributed by atoms with van der Waals surface area (Å²) in [6.45, 7) is 4.02. The highest BCUT2D eigenvalue weighted by Gasteiger charge is 2.13. The number of aromatic nitrogens is 2. The maximum Gasteiger partial charge on any atom is 0.275 e. The number of hydrogen-bond acceptors (Lipinski definition) is 6. The molecule has 0 saturated carbocycles. The van der Waals surface area contributed by atoms with Crippen LogP contribution >= 0.6 is 23.1 Å². The maximum absolute atomic E-state index is 12.3. The van der Waals surface area contributed by atoms with Crippen molar-refractivity contribution in [2.24, 2.45) is 0 Å². The SMILES string of the molecule is Cc1ccc(NC(=O)c2csc(CSc3nc4c(C)cccc4o3)n2)cc1. The van der Waals surface area contributed by atoms with E-state index in [1.54, 1.807) is 5.38 Å². The number of oxazole rings is 1. The van der Waals surface area contributed by atoms with E-state index in [0.717, 1.165) is 32.9 Å². The zero-order valence-corrected chi connectivity index (χ0v) is 16.5. The molecule has 0 aliphatic rings. The Morgan fingerprint density at radius 3 is 2.74 bits per heavy atom. The van der Waals surface area contributed by atoms with E-state index in [-0.39, 0.29) is 5.91 Å². The van der Waals surface area contributed by atoms with Crippen LogP contribution in [-0.4, -0.2) is 15.9 Å². The molecule has 0 saturated heterocycles. The molecule has 136 valence electrons. The Hall–Kier alpha value is -2.64. The summed E-state index contributed by atoms with van der Waals surface area (Å²) in [4.78, 5) is 21.3. The van der Waals surface area contributed by atoms with Crippen LogP contribution in [0.25, 0.3) is 11.1 Å². The summed E-state index contributed by atoms with van der Waals surface area (Å²) in [6, 6.07) is 13.6. The van der Waals surface area contributed by atoms with Crippen LogP contribution in [0.1, 0.15) is 26.6 Å². The number of thiazole rings is 1. The predicted octanol–water partition coefficient (Wildman–Crippen LogP) is 5.45. The molecule has 2 heterocycles. The van der Waals surface area contributed by atoms with Gasteiger partial charge in [0.05, 0.1) is 5.75 Å². The molecule has 5 nitrogen and oxygen atoms in total. The monoisotopic (exact) mass is 395 g/mol. The molecule has 27 heavy (non-hydrogen) atoms. The van der Waals surface area contributed by atoms with Crippen molar-refractivity contribution in [3.8, 4) is 0 Å². The van der Waals surface area contributed by atoms with E-state index in [9.17, 15) is 4.79 Å². The van der Waals surface area contributed by atoms with Crippen LogP contribution in [0, 0.1) is 13.8 Å². The predicted molar refractivity (Wildman–Crippen MR) is 110 cm³/mol. The molecule has 0 unspecified atom stereocenters. The molecule has 0 radical (unpaired) electrons. The molecule has 1 amide bonds. The first-order chi connectivity index (χ1) is 13.1.